The standard InChI is InChI=1S/C22H33N3O4S/c1-2-29-19-9-13-23(14-10-19)17-22(26)25-15-8-18-16-20(6-7-21(18)25)30(27,28)24-11-4-3-5-12-24/h6-7,16,19H,2-5,8-15,17H2,1H3. The molecule has 7 nitrogen and oxygen atoms in total. The molecule has 0 aliphatic carbocycles. The second-order valence-corrected chi connectivity index (χ2v) is 10.4. The summed E-state index contributed by atoms with van der Waals surface area (Å²) in [5.41, 5.74) is 1.82. The smallest absolute Gasteiger partial charge is 0.243 e. The monoisotopic (exact) mass is 435 g/mol. The second kappa shape index (κ2) is 9.34. The maximum Gasteiger partial charge on any atom is 0.243 e. The molecule has 0 N–H and O–H groups in total. The molecule has 1 aromatic carbocycles. The fourth-order valence-electron chi connectivity index (χ4n) is 4.80. The first-order valence-corrected chi connectivity index (χ1v) is 12.7. The number of sulfonamides is 1. The lowest BCUT2D eigenvalue weighted by atomic mass is 10.1. The van der Waals surface area contributed by atoms with Crippen molar-refractivity contribution in [1.82, 2.24) is 9.21 Å². The van der Waals surface area contributed by atoms with Crippen molar-refractivity contribution >= 4 is 21.6 Å². The van der Waals surface area contributed by atoms with Gasteiger partial charge in [-0.05, 0) is 62.8 Å². The Bertz CT molecular complexity index is 859. The van der Waals surface area contributed by atoms with Gasteiger partial charge in [-0.15, -0.1) is 0 Å². The zero-order valence-electron chi connectivity index (χ0n) is 17.9. The van der Waals surface area contributed by atoms with Crippen LogP contribution in [0.25, 0.3) is 0 Å². The van der Waals surface area contributed by atoms with Gasteiger partial charge in [0.25, 0.3) is 0 Å². The Kier molecular flexibility index (Phi) is 6.77. The van der Waals surface area contributed by atoms with Crippen LogP contribution in [-0.2, 0) is 26.0 Å². The van der Waals surface area contributed by atoms with Crippen molar-refractivity contribution < 1.29 is 17.9 Å². The molecule has 3 heterocycles. The Hall–Kier alpha value is -1.48. The van der Waals surface area contributed by atoms with E-state index in [0.717, 1.165) is 63.1 Å². The summed E-state index contributed by atoms with van der Waals surface area (Å²) in [4.78, 5) is 17.3. The number of fused-ring (bicyclic) bond motifs is 1. The van der Waals surface area contributed by atoms with Crippen molar-refractivity contribution in [2.24, 2.45) is 0 Å². The van der Waals surface area contributed by atoms with Crippen LogP contribution in [0.2, 0.25) is 0 Å². The normalized spacial score (nSPS) is 21.7. The van der Waals surface area contributed by atoms with Crippen molar-refractivity contribution in [1.29, 1.82) is 0 Å². The van der Waals surface area contributed by atoms with E-state index in [9.17, 15) is 13.2 Å². The summed E-state index contributed by atoms with van der Waals surface area (Å²) < 4.78 is 33.2. The van der Waals surface area contributed by atoms with Gasteiger partial charge in [-0.3, -0.25) is 9.69 Å². The van der Waals surface area contributed by atoms with Crippen LogP contribution in [0.3, 0.4) is 0 Å². The quantitative estimate of drug-likeness (QED) is 0.686. The lowest BCUT2D eigenvalue weighted by molar-refractivity contribution is -0.120. The molecule has 2 fully saturated rings. The molecule has 3 aliphatic heterocycles. The van der Waals surface area contributed by atoms with Crippen LogP contribution in [0.4, 0.5) is 5.69 Å². The molecule has 8 heteroatoms. The second-order valence-electron chi connectivity index (χ2n) is 8.48. The van der Waals surface area contributed by atoms with E-state index in [1.54, 1.807) is 16.4 Å². The molecule has 0 radical (unpaired) electrons. The third-order valence-corrected chi connectivity index (χ3v) is 8.39. The molecular formula is C22H33N3O4S. The van der Waals surface area contributed by atoms with Crippen molar-refractivity contribution in [2.45, 2.75) is 56.4 Å². The van der Waals surface area contributed by atoms with E-state index in [1.807, 2.05) is 17.9 Å². The number of benzene rings is 1. The number of piperidine rings is 2. The predicted octanol–water partition coefficient (Wildman–Crippen LogP) is 2.25. The molecule has 4 rings (SSSR count). The van der Waals surface area contributed by atoms with Crippen LogP contribution >= 0.6 is 0 Å². The van der Waals surface area contributed by atoms with Crippen LogP contribution in [-0.4, -0.2) is 75.5 Å². The minimum Gasteiger partial charge on any atom is -0.378 e. The number of likely N-dealkylation sites (tertiary alicyclic amines) is 1. The van der Waals surface area contributed by atoms with E-state index in [4.69, 9.17) is 4.74 Å². The Balaban J connectivity index is 1.40. The molecule has 0 unspecified atom stereocenters. The number of hydrogen-bond acceptors (Lipinski definition) is 5. The molecule has 0 atom stereocenters. The van der Waals surface area contributed by atoms with Crippen molar-refractivity contribution in [3.63, 3.8) is 0 Å². The highest BCUT2D eigenvalue weighted by Crippen LogP contribution is 2.32. The number of anilines is 1. The van der Waals surface area contributed by atoms with E-state index in [2.05, 4.69) is 4.90 Å². The van der Waals surface area contributed by atoms with Gasteiger partial charge < -0.3 is 9.64 Å². The van der Waals surface area contributed by atoms with Crippen molar-refractivity contribution in [2.75, 3.05) is 50.8 Å². The van der Waals surface area contributed by atoms with Crippen LogP contribution in [0.5, 0.6) is 0 Å². The van der Waals surface area contributed by atoms with Gasteiger partial charge in [-0.25, -0.2) is 8.42 Å². The lowest BCUT2D eigenvalue weighted by Gasteiger charge is -2.32. The SMILES string of the molecule is CCOC1CCN(CC(=O)N2CCc3cc(S(=O)(=O)N4CCCCC4)ccc32)CC1. The van der Waals surface area contributed by atoms with Gasteiger partial charge in [0.1, 0.15) is 0 Å². The molecule has 3 aliphatic rings. The summed E-state index contributed by atoms with van der Waals surface area (Å²) in [5, 5.41) is 0. The summed E-state index contributed by atoms with van der Waals surface area (Å²) in [6.45, 7) is 6.75. The highest BCUT2D eigenvalue weighted by atomic mass is 32.2. The number of ether oxygens (including phenoxy) is 1. The van der Waals surface area contributed by atoms with Crippen LogP contribution in [0, 0.1) is 0 Å². The Morgan fingerprint density at radius 1 is 1.07 bits per heavy atom. The third kappa shape index (κ3) is 4.56. The van der Waals surface area contributed by atoms with E-state index in [-0.39, 0.29) is 5.91 Å². The van der Waals surface area contributed by atoms with Crippen LogP contribution in [0.15, 0.2) is 23.1 Å². The van der Waals surface area contributed by atoms with Gasteiger partial charge in [0.05, 0.1) is 17.5 Å². The zero-order chi connectivity index (χ0) is 21.1. The highest BCUT2D eigenvalue weighted by molar-refractivity contribution is 7.89. The molecule has 0 aromatic heterocycles. The Morgan fingerprint density at radius 3 is 2.50 bits per heavy atom. The number of nitrogens with zero attached hydrogens (tertiary/aromatic N) is 3. The minimum atomic E-state index is -3.44. The fraction of sp³-hybridized carbons (Fsp3) is 0.682. The summed E-state index contributed by atoms with van der Waals surface area (Å²) in [7, 11) is -3.44. The summed E-state index contributed by atoms with van der Waals surface area (Å²) in [5.74, 6) is 0.0928. The maximum atomic E-state index is 13.0. The molecule has 30 heavy (non-hydrogen) atoms. The van der Waals surface area contributed by atoms with E-state index >= 15 is 0 Å². The fourth-order valence-corrected chi connectivity index (χ4v) is 6.37. The third-order valence-electron chi connectivity index (χ3n) is 6.50. The highest BCUT2D eigenvalue weighted by Gasteiger charge is 2.31. The Morgan fingerprint density at radius 2 is 1.80 bits per heavy atom. The zero-order valence-corrected chi connectivity index (χ0v) is 18.7. The van der Waals surface area contributed by atoms with Gasteiger partial charge in [0, 0.05) is 45.0 Å². The van der Waals surface area contributed by atoms with E-state index < -0.39 is 10.0 Å². The minimum absolute atomic E-state index is 0.0928. The van der Waals surface area contributed by atoms with Gasteiger partial charge >= 0.3 is 0 Å². The van der Waals surface area contributed by atoms with E-state index in [0.29, 0.717) is 43.6 Å². The number of carbonyl (C=O) groups excluding carboxylic acids is 1. The summed E-state index contributed by atoms with van der Waals surface area (Å²) in [6, 6.07) is 5.26. The molecule has 166 valence electrons. The van der Waals surface area contributed by atoms with E-state index in [1.165, 1.54) is 0 Å². The number of amides is 1. The lowest BCUT2D eigenvalue weighted by Crippen LogP contribution is -2.44. The first-order chi connectivity index (χ1) is 14.5. The molecule has 1 amide bonds. The first-order valence-electron chi connectivity index (χ1n) is 11.3. The van der Waals surface area contributed by atoms with Gasteiger partial charge in [-0.2, -0.15) is 4.31 Å². The van der Waals surface area contributed by atoms with Crippen molar-refractivity contribution in [3.8, 4) is 0 Å². The molecule has 0 saturated carbocycles. The summed E-state index contributed by atoms with van der Waals surface area (Å²) >= 11 is 0. The van der Waals surface area contributed by atoms with Gasteiger partial charge in [-0.1, -0.05) is 6.42 Å². The molecule has 0 spiro atoms. The van der Waals surface area contributed by atoms with Crippen molar-refractivity contribution in [3.05, 3.63) is 23.8 Å². The molecule has 0 bridgehead atoms. The predicted molar refractivity (Wildman–Crippen MR) is 116 cm³/mol. The van der Waals surface area contributed by atoms with Gasteiger partial charge in [0.15, 0.2) is 0 Å². The summed E-state index contributed by atoms with van der Waals surface area (Å²) in [6.07, 6.45) is 5.90. The molecule has 1 aromatic rings. The number of hydrogen-bond donors (Lipinski definition) is 0. The Labute approximate surface area is 180 Å². The molecular weight excluding hydrogens is 402 g/mol. The molecule has 2 saturated heterocycles. The van der Waals surface area contributed by atoms with Crippen LogP contribution in [0.1, 0.15) is 44.6 Å². The topological polar surface area (TPSA) is 70.2 Å². The number of rotatable bonds is 6. The maximum absolute atomic E-state index is 13.0. The van der Waals surface area contributed by atoms with Gasteiger partial charge in [0.2, 0.25) is 15.9 Å². The average Bonchev–Trinajstić information content (AvgIpc) is 3.19. The largest absolute Gasteiger partial charge is 0.378 e. The van der Waals surface area contributed by atoms with Crippen LogP contribution < -0.4 is 4.90 Å². The number of carbonyl (C=O) groups is 1. The first kappa shape index (κ1) is 21.7. The average molecular weight is 436 g/mol.